The molecular formula is C13H15ClO3. The molecule has 0 spiro atoms. The Morgan fingerprint density at radius 1 is 1.53 bits per heavy atom. The fourth-order valence-corrected chi connectivity index (χ4v) is 2.61. The lowest BCUT2D eigenvalue weighted by atomic mass is 9.89. The first kappa shape index (κ1) is 12.2. The third-order valence-corrected chi connectivity index (χ3v) is 3.71. The lowest BCUT2D eigenvalue weighted by Gasteiger charge is -2.17. The van der Waals surface area contributed by atoms with Crippen LogP contribution in [0.3, 0.4) is 0 Å². The van der Waals surface area contributed by atoms with E-state index in [4.69, 9.17) is 21.4 Å². The highest BCUT2D eigenvalue weighted by atomic mass is 35.5. The first-order valence-corrected chi connectivity index (χ1v) is 5.93. The molecule has 92 valence electrons. The Morgan fingerprint density at radius 3 is 2.65 bits per heavy atom. The molecule has 1 aliphatic rings. The molecule has 1 aliphatic carbocycles. The minimum Gasteiger partial charge on any atom is -0.495 e. The van der Waals surface area contributed by atoms with E-state index in [2.05, 4.69) is 0 Å². The average Bonchev–Trinajstić information content (AvgIpc) is 3.00. The van der Waals surface area contributed by atoms with Gasteiger partial charge in [0, 0.05) is 5.41 Å². The van der Waals surface area contributed by atoms with Crippen LogP contribution in [-0.2, 0) is 10.2 Å². The van der Waals surface area contributed by atoms with Gasteiger partial charge in [-0.2, -0.15) is 0 Å². The molecule has 1 aromatic carbocycles. The van der Waals surface area contributed by atoms with Crippen molar-refractivity contribution >= 4 is 17.6 Å². The van der Waals surface area contributed by atoms with Gasteiger partial charge in [-0.05, 0) is 43.0 Å². The van der Waals surface area contributed by atoms with Crippen LogP contribution in [0.2, 0.25) is 5.02 Å². The molecular weight excluding hydrogens is 240 g/mol. The first-order valence-electron chi connectivity index (χ1n) is 5.55. The lowest BCUT2D eigenvalue weighted by molar-refractivity contribution is -0.137. The second-order valence-electron chi connectivity index (χ2n) is 4.65. The van der Waals surface area contributed by atoms with Crippen molar-refractivity contribution in [3.8, 4) is 5.75 Å². The molecule has 0 aliphatic heterocycles. The minimum atomic E-state index is -0.756. The van der Waals surface area contributed by atoms with Crippen LogP contribution in [0.1, 0.15) is 30.4 Å². The number of ether oxygens (including phenoxy) is 1. The van der Waals surface area contributed by atoms with E-state index in [0.29, 0.717) is 10.8 Å². The molecule has 1 aromatic rings. The number of carboxylic acid groups (broad SMARTS) is 1. The van der Waals surface area contributed by atoms with Crippen molar-refractivity contribution in [2.24, 2.45) is 0 Å². The molecule has 0 aromatic heterocycles. The largest absolute Gasteiger partial charge is 0.495 e. The molecule has 2 rings (SSSR count). The number of halogens is 1. The van der Waals surface area contributed by atoms with Crippen molar-refractivity contribution in [1.82, 2.24) is 0 Å². The highest BCUT2D eigenvalue weighted by Crippen LogP contribution is 2.53. The van der Waals surface area contributed by atoms with Crippen molar-refractivity contribution in [1.29, 1.82) is 0 Å². The maximum atomic E-state index is 10.9. The van der Waals surface area contributed by atoms with Crippen LogP contribution in [0.5, 0.6) is 5.75 Å². The molecule has 3 nitrogen and oxygen atoms in total. The van der Waals surface area contributed by atoms with E-state index in [-0.39, 0.29) is 11.8 Å². The number of carboxylic acids is 1. The van der Waals surface area contributed by atoms with Crippen molar-refractivity contribution in [2.75, 3.05) is 7.11 Å². The normalized spacial score (nSPS) is 16.6. The van der Waals surface area contributed by atoms with Crippen molar-refractivity contribution < 1.29 is 14.6 Å². The van der Waals surface area contributed by atoms with E-state index in [1.54, 1.807) is 7.11 Å². The molecule has 0 heterocycles. The molecule has 1 N–H and O–H groups in total. The lowest BCUT2D eigenvalue weighted by Crippen LogP contribution is -2.14. The Morgan fingerprint density at radius 2 is 2.18 bits per heavy atom. The summed E-state index contributed by atoms with van der Waals surface area (Å²) in [5.74, 6) is -0.118. The predicted molar refractivity (Wildman–Crippen MR) is 65.9 cm³/mol. The Balaban J connectivity index is 2.39. The number of rotatable bonds is 4. The number of carbonyl (C=O) groups is 1. The van der Waals surface area contributed by atoms with Crippen LogP contribution in [-0.4, -0.2) is 18.2 Å². The fourth-order valence-electron chi connectivity index (χ4n) is 2.36. The topological polar surface area (TPSA) is 46.5 Å². The molecule has 1 saturated carbocycles. The van der Waals surface area contributed by atoms with Crippen LogP contribution >= 0.6 is 11.6 Å². The van der Waals surface area contributed by atoms with E-state index >= 15 is 0 Å². The number of hydrogen-bond acceptors (Lipinski definition) is 2. The molecule has 0 unspecified atom stereocenters. The minimum absolute atomic E-state index is 0.177. The summed E-state index contributed by atoms with van der Waals surface area (Å²) in [5.41, 5.74) is 1.89. The van der Waals surface area contributed by atoms with Crippen LogP contribution < -0.4 is 4.74 Å². The number of hydrogen-bond donors (Lipinski definition) is 1. The number of benzene rings is 1. The van der Waals surface area contributed by atoms with Gasteiger partial charge in [0.2, 0.25) is 0 Å². The molecule has 0 atom stereocenters. The molecule has 0 radical (unpaired) electrons. The average molecular weight is 255 g/mol. The van der Waals surface area contributed by atoms with Crippen LogP contribution in [0.25, 0.3) is 0 Å². The second-order valence-corrected chi connectivity index (χ2v) is 5.06. The van der Waals surface area contributed by atoms with Crippen molar-refractivity contribution in [2.45, 2.75) is 31.6 Å². The van der Waals surface area contributed by atoms with Gasteiger partial charge in [0.05, 0.1) is 18.6 Å². The van der Waals surface area contributed by atoms with Crippen molar-refractivity contribution in [3.05, 3.63) is 28.3 Å². The Hall–Kier alpha value is -1.22. The predicted octanol–water partition coefficient (Wildman–Crippen LogP) is 3.16. The summed E-state index contributed by atoms with van der Waals surface area (Å²) in [6, 6.07) is 3.73. The number of methoxy groups -OCH3 is 1. The summed E-state index contributed by atoms with van der Waals surface area (Å²) in [6.07, 6.45) is 2.02. The van der Waals surface area contributed by atoms with Gasteiger partial charge in [0.1, 0.15) is 5.75 Å². The summed E-state index contributed by atoms with van der Waals surface area (Å²) >= 11 is 6.10. The number of aliphatic carboxylic acids is 1. The highest BCUT2D eigenvalue weighted by molar-refractivity contribution is 6.32. The van der Waals surface area contributed by atoms with Crippen LogP contribution in [0.15, 0.2) is 12.1 Å². The van der Waals surface area contributed by atoms with Gasteiger partial charge in [-0.1, -0.05) is 11.6 Å². The van der Waals surface area contributed by atoms with Gasteiger partial charge in [0.25, 0.3) is 0 Å². The zero-order valence-corrected chi connectivity index (χ0v) is 10.7. The van der Waals surface area contributed by atoms with Gasteiger partial charge in [-0.15, -0.1) is 0 Å². The summed E-state index contributed by atoms with van der Waals surface area (Å²) in [6.45, 7) is 1.97. The Bertz CT molecular complexity index is 464. The highest BCUT2D eigenvalue weighted by Gasteiger charge is 2.47. The molecule has 0 saturated heterocycles. The maximum absolute atomic E-state index is 10.9. The molecule has 0 amide bonds. The second kappa shape index (κ2) is 4.22. The first-order chi connectivity index (χ1) is 7.98. The zero-order chi connectivity index (χ0) is 12.6. The summed E-state index contributed by atoms with van der Waals surface area (Å²) in [4.78, 5) is 10.9. The van der Waals surface area contributed by atoms with E-state index in [1.165, 1.54) is 0 Å². The quantitative estimate of drug-likeness (QED) is 0.898. The zero-order valence-electron chi connectivity index (χ0n) is 9.92. The third kappa shape index (κ3) is 2.25. The van der Waals surface area contributed by atoms with E-state index < -0.39 is 5.97 Å². The SMILES string of the molecule is COc1cc(C)c(C2(CC(=O)O)CC2)cc1Cl. The van der Waals surface area contributed by atoms with Crippen LogP contribution in [0, 0.1) is 6.92 Å². The summed E-state index contributed by atoms with van der Waals surface area (Å²) < 4.78 is 5.15. The molecule has 1 fully saturated rings. The standard InChI is InChI=1S/C13H15ClO3/c1-8-5-11(17-2)10(14)6-9(8)13(3-4-13)7-12(15)16/h5-6H,3-4,7H2,1-2H3,(H,15,16). The maximum Gasteiger partial charge on any atom is 0.304 e. The van der Waals surface area contributed by atoms with Gasteiger partial charge >= 0.3 is 5.97 Å². The van der Waals surface area contributed by atoms with Gasteiger partial charge in [0.15, 0.2) is 0 Å². The van der Waals surface area contributed by atoms with Gasteiger partial charge < -0.3 is 9.84 Å². The number of aryl methyl sites for hydroxylation is 1. The fraction of sp³-hybridized carbons (Fsp3) is 0.462. The monoisotopic (exact) mass is 254 g/mol. The van der Waals surface area contributed by atoms with Gasteiger partial charge in [-0.3, -0.25) is 4.79 Å². The third-order valence-electron chi connectivity index (χ3n) is 3.41. The molecule has 17 heavy (non-hydrogen) atoms. The smallest absolute Gasteiger partial charge is 0.304 e. The molecule has 0 bridgehead atoms. The van der Waals surface area contributed by atoms with E-state index in [9.17, 15) is 4.79 Å². The van der Waals surface area contributed by atoms with E-state index in [1.807, 2.05) is 19.1 Å². The van der Waals surface area contributed by atoms with Gasteiger partial charge in [-0.25, -0.2) is 0 Å². The summed E-state index contributed by atoms with van der Waals surface area (Å²) in [5, 5.41) is 9.50. The van der Waals surface area contributed by atoms with E-state index in [0.717, 1.165) is 24.0 Å². The Kier molecular flexibility index (Phi) is 3.04. The Labute approximate surface area is 105 Å². The summed E-state index contributed by atoms with van der Waals surface area (Å²) in [7, 11) is 1.57. The van der Waals surface area contributed by atoms with Crippen molar-refractivity contribution in [3.63, 3.8) is 0 Å². The van der Waals surface area contributed by atoms with Crippen LogP contribution in [0.4, 0.5) is 0 Å². The molecule has 4 heteroatoms.